The fourth-order valence-electron chi connectivity index (χ4n) is 3.21. The summed E-state index contributed by atoms with van der Waals surface area (Å²) in [5.41, 5.74) is 0. The first-order valence-corrected chi connectivity index (χ1v) is 11.4. The van der Waals surface area contributed by atoms with E-state index >= 15 is 0 Å². The predicted molar refractivity (Wildman–Crippen MR) is 113 cm³/mol. The topological polar surface area (TPSA) is 84.9 Å². The molecule has 0 unspecified atom stereocenters. The quantitative estimate of drug-likeness (QED) is 0.582. The molecule has 1 aromatic rings. The zero-order valence-corrected chi connectivity index (χ0v) is 17.9. The van der Waals surface area contributed by atoms with Crippen LogP contribution in [0.25, 0.3) is 0 Å². The van der Waals surface area contributed by atoms with Crippen molar-refractivity contribution < 1.29 is 23.9 Å². The van der Waals surface area contributed by atoms with Crippen LogP contribution in [0.5, 0.6) is 5.75 Å². The summed E-state index contributed by atoms with van der Waals surface area (Å²) in [5.74, 6) is 0.595. The Kier molecular flexibility index (Phi) is 9.83. The van der Waals surface area contributed by atoms with Crippen LogP contribution < -0.4 is 10.1 Å². The second-order valence-electron chi connectivity index (χ2n) is 6.85. The molecule has 1 aliphatic rings. The second kappa shape index (κ2) is 12.4. The molecule has 1 N–H and O–H groups in total. The monoisotopic (exact) mass is 422 g/mol. The largest absolute Gasteiger partial charge is 0.484 e. The molecule has 7 nitrogen and oxygen atoms in total. The molecule has 0 saturated carbocycles. The van der Waals surface area contributed by atoms with Crippen LogP contribution in [0, 0.1) is 5.92 Å². The van der Waals surface area contributed by atoms with Crippen LogP contribution in [-0.2, 0) is 19.1 Å². The first-order chi connectivity index (χ1) is 14.0. The summed E-state index contributed by atoms with van der Waals surface area (Å²) >= 11 is 1.63. The molecular weight excluding hydrogens is 392 g/mol. The van der Waals surface area contributed by atoms with Crippen molar-refractivity contribution >= 4 is 29.5 Å². The number of carbonyl (C=O) groups is 3. The number of thioether (sulfide) groups is 1. The summed E-state index contributed by atoms with van der Waals surface area (Å²) < 4.78 is 10.5. The van der Waals surface area contributed by atoms with Crippen molar-refractivity contribution in [2.45, 2.75) is 32.2 Å². The molecule has 160 valence electrons. The molecule has 0 aliphatic carbocycles. The Bertz CT molecular complexity index is 662. The van der Waals surface area contributed by atoms with Crippen LogP contribution in [0.2, 0.25) is 0 Å². The zero-order chi connectivity index (χ0) is 21.1. The first kappa shape index (κ1) is 23.1. The molecule has 0 aromatic heterocycles. The third-order valence-electron chi connectivity index (χ3n) is 4.78. The van der Waals surface area contributed by atoms with Crippen LogP contribution in [0.15, 0.2) is 30.3 Å². The molecule has 1 heterocycles. The molecule has 0 bridgehead atoms. The SMILES string of the molecule is CCOC(=O)C1CCN(C(=O)[C@H](CCSC)NC(=O)COc2ccccc2)CC1. The number of para-hydroxylation sites is 1. The Balaban J connectivity index is 1.87. The minimum absolute atomic E-state index is 0.102. The molecule has 0 spiro atoms. The maximum absolute atomic E-state index is 13.0. The Labute approximate surface area is 176 Å². The molecule has 1 fully saturated rings. The van der Waals surface area contributed by atoms with Crippen molar-refractivity contribution in [1.82, 2.24) is 10.2 Å². The van der Waals surface area contributed by atoms with Crippen molar-refractivity contribution in [2.24, 2.45) is 5.92 Å². The lowest BCUT2D eigenvalue weighted by molar-refractivity contribution is -0.151. The van der Waals surface area contributed by atoms with E-state index in [0.717, 1.165) is 5.75 Å². The van der Waals surface area contributed by atoms with Gasteiger partial charge in [0.25, 0.3) is 5.91 Å². The Hall–Kier alpha value is -2.22. The summed E-state index contributed by atoms with van der Waals surface area (Å²) in [6.45, 7) is 3.00. The number of ether oxygens (including phenoxy) is 2. The number of nitrogens with one attached hydrogen (secondary N) is 1. The summed E-state index contributed by atoms with van der Waals surface area (Å²) in [6, 6.07) is 8.49. The highest BCUT2D eigenvalue weighted by molar-refractivity contribution is 7.98. The second-order valence-corrected chi connectivity index (χ2v) is 7.84. The minimum atomic E-state index is -0.589. The van der Waals surface area contributed by atoms with Gasteiger partial charge in [-0.25, -0.2) is 0 Å². The first-order valence-electron chi connectivity index (χ1n) is 9.96. The van der Waals surface area contributed by atoms with E-state index in [0.29, 0.717) is 44.7 Å². The molecule has 1 saturated heterocycles. The van der Waals surface area contributed by atoms with E-state index in [4.69, 9.17) is 9.47 Å². The highest BCUT2D eigenvalue weighted by Gasteiger charge is 2.31. The van der Waals surface area contributed by atoms with E-state index in [-0.39, 0.29) is 30.3 Å². The Morgan fingerprint density at radius 3 is 2.52 bits per heavy atom. The number of hydrogen-bond acceptors (Lipinski definition) is 6. The van der Waals surface area contributed by atoms with Gasteiger partial charge in [0.1, 0.15) is 11.8 Å². The van der Waals surface area contributed by atoms with E-state index in [9.17, 15) is 14.4 Å². The van der Waals surface area contributed by atoms with Crippen molar-refractivity contribution in [3.63, 3.8) is 0 Å². The highest BCUT2D eigenvalue weighted by atomic mass is 32.2. The molecule has 2 amide bonds. The Morgan fingerprint density at radius 1 is 1.21 bits per heavy atom. The number of amides is 2. The molecule has 1 aromatic carbocycles. The number of piperidine rings is 1. The lowest BCUT2D eigenvalue weighted by Crippen LogP contribution is -2.52. The molecule has 0 radical (unpaired) electrons. The van der Waals surface area contributed by atoms with Gasteiger partial charge in [0.05, 0.1) is 12.5 Å². The van der Waals surface area contributed by atoms with Gasteiger partial charge in [0.15, 0.2) is 6.61 Å². The fraction of sp³-hybridized carbons (Fsp3) is 0.571. The zero-order valence-electron chi connectivity index (χ0n) is 17.1. The van der Waals surface area contributed by atoms with Gasteiger partial charge in [-0.1, -0.05) is 18.2 Å². The smallest absolute Gasteiger partial charge is 0.309 e. The van der Waals surface area contributed by atoms with Gasteiger partial charge in [0.2, 0.25) is 5.91 Å². The van der Waals surface area contributed by atoms with Crippen LogP contribution in [0.4, 0.5) is 0 Å². The van der Waals surface area contributed by atoms with Crippen molar-refractivity contribution in [3.05, 3.63) is 30.3 Å². The Morgan fingerprint density at radius 2 is 1.90 bits per heavy atom. The molecule has 8 heteroatoms. The number of hydrogen-bond donors (Lipinski definition) is 1. The van der Waals surface area contributed by atoms with Crippen LogP contribution in [0.3, 0.4) is 0 Å². The van der Waals surface area contributed by atoms with Gasteiger partial charge < -0.3 is 19.7 Å². The van der Waals surface area contributed by atoms with E-state index in [1.807, 2.05) is 24.5 Å². The number of nitrogens with zero attached hydrogens (tertiary/aromatic N) is 1. The maximum Gasteiger partial charge on any atom is 0.309 e. The third-order valence-corrected chi connectivity index (χ3v) is 5.43. The number of likely N-dealkylation sites (tertiary alicyclic amines) is 1. The lowest BCUT2D eigenvalue weighted by atomic mass is 9.96. The molecule has 2 rings (SSSR count). The van der Waals surface area contributed by atoms with Crippen molar-refractivity contribution in [2.75, 3.05) is 38.3 Å². The number of carbonyl (C=O) groups excluding carboxylic acids is 3. The average Bonchev–Trinajstić information content (AvgIpc) is 2.75. The van der Waals surface area contributed by atoms with Gasteiger partial charge in [-0.3, -0.25) is 14.4 Å². The van der Waals surface area contributed by atoms with Crippen LogP contribution in [-0.4, -0.2) is 67.0 Å². The number of rotatable bonds is 10. The number of benzene rings is 1. The lowest BCUT2D eigenvalue weighted by Gasteiger charge is -2.33. The van der Waals surface area contributed by atoms with Gasteiger partial charge in [-0.15, -0.1) is 0 Å². The van der Waals surface area contributed by atoms with E-state index < -0.39 is 6.04 Å². The van der Waals surface area contributed by atoms with E-state index in [2.05, 4.69) is 5.32 Å². The third kappa shape index (κ3) is 7.61. The van der Waals surface area contributed by atoms with Gasteiger partial charge in [0, 0.05) is 13.1 Å². The maximum atomic E-state index is 13.0. The van der Waals surface area contributed by atoms with E-state index in [1.165, 1.54) is 0 Å². The van der Waals surface area contributed by atoms with Gasteiger partial charge >= 0.3 is 5.97 Å². The summed E-state index contributed by atoms with van der Waals surface area (Å²) in [4.78, 5) is 38.9. The molecule has 1 aliphatic heterocycles. The van der Waals surface area contributed by atoms with E-state index in [1.54, 1.807) is 35.7 Å². The van der Waals surface area contributed by atoms with Crippen molar-refractivity contribution in [1.29, 1.82) is 0 Å². The van der Waals surface area contributed by atoms with Crippen LogP contribution >= 0.6 is 11.8 Å². The molecule has 29 heavy (non-hydrogen) atoms. The van der Waals surface area contributed by atoms with Gasteiger partial charge in [-0.05, 0) is 50.3 Å². The summed E-state index contributed by atoms with van der Waals surface area (Å²) in [5, 5.41) is 2.81. The summed E-state index contributed by atoms with van der Waals surface area (Å²) in [6.07, 6.45) is 3.69. The summed E-state index contributed by atoms with van der Waals surface area (Å²) in [7, 11) is 0. The number of esters is 1. The van der Waals surface area contributed by atoms with Crippen LogP contribution in [0.1, 0.15) is 26.2 Å². The average molecular weight is 423 g/mol. The normalized spacial score (nSPS) is 15.4. The van der Waals surface area contributed by atoms with Gasteiger partial charge in [-0.2, -0.15) is 11.8 Å². The predicted octanol–water partition coefficient (Wildman–Crippen LogP) is 2.11. The fourth-order valence-corrected chi connectivity index (χ4v) is 3.68. The molecular formula is C21H30N2O5S. The standard InChI is InChI=1S/C21H30N2O5S/c1-3-27-21(26)16-9-12-23(13-10-16)20(25)18(11-14-29-2)22-19(24)15-28-17-7-5-4-6-8-17/h4-8,16,18H,3,9-15H2,1-2H3,(H,22,24)/t18-/m0/s1. The minimum Gasteiger partial charge on any atom is -0.484 e. The highest BCUT2D eigenvalue weighted by Crippen LogP contribution is 2.20. The molecule has 1 atom stereocenters. The van der Waals surface area contributed by atoms with Crippen molar-refractivity contribution in [3.8, 4) is 5.75 Å².